The van der Waals surface area contributed by atoms with E-state index < -0.39 is 0 Å². The highest BCUT2D eigenvalue weighted by Crippen LogP contribution is 2.33. The maximum absolute atomic E-state index is 12.1. The van der Waals surface area contributed by atoms with Gasteiger partial charge in [0.25, 0.3) is 0 Å². The lowest BCUT2D eigenvalue weighted by Crippen LogP contribution is -2.37. The Bertz CT molecular complexity index is 550. The van der Waals surface area contributed by atoms with Crippen LogP contribution in [-0.4, -0.2) is 44.5 Å². The number of anilines is 1. The van der Waals surface area contributed by atoms with Gasteiger partial charge < -0.3 is 19.7 Å². The first-order valence-electron chi connectivity index (χ1n) is 6.46. The number of nitrogens with zero attached hydrogens (tertiary/aromatic N) is 1. The van der Waals surface area contributed by atoms with E-state index in [0.717, 1.165) is 0 Å². The molecule has 0 aromatic heterocycles. The number of alkyl halides is 1. The first kappa shape index (κ1) is 15.4. The van der Waals surface area contributed by atoms with E-state index in [0.29, 0.717) is 23.7 Å². The monoisotopic (exact) mass is 312 g/mol. The molecule has 1 aliphatic rings. The second kappa shape index (κ2) is 6.67. The Balaban J connectivity index is 2.15. The number of carbonyl (C=O) groups is 2. The van der Waals surface area contributed by atoms with Gasteiger partial charge in [-0.05, 0) is 12.1 Å². The zero-order valence-electron chi connectivity index (χ0n) is 11.9. The van der Waals surface area contributed by atoms with Crippen LogP contribution >= 0.6 is 11.6 Å². The summed E-state index contributed by atoms with van der Waals surface area (Å²) in [7, 11) is 3.09. The van der Waals surface area contributed by atoms with E-state index in [1.54, 1.807) is 30.2 Å². The predicted molar refractivity (Wildman–Crippen MR) is 79.2 cm³/mol. The third-order valence-corrected chi connectivity index (χ3v) is 3.53. The number of carbonyl (C=O) groups excluding carboxylic acids is 2. The molecule has 7 heteroatoms. The summed E-state index contributed by atoms with van der Waals surface area (Å²) in [6, 6.07) is 5.04. The molecule has 1 aliphatic heterocycles. The fourth-order valence-corrected chi connectivity index (χ4v) is 2.39. The van der Waals surface area contributed by atoms with Crippen LogP contribution < -0.4 is 19.7 Å². The Kier molecular flexibility index (Phi) is 4.90. The molecule has 1 fully saturated rings. The lowest BCUT2D eigenvalue weighted by molar-refractivity contribution is -0.119. The van der Waals surface area contributed by atoms with Gasteiger partial charge in [-0.3, -0.25) is 9.59 Å². The second-order valence-electron chi connectivity index (χ2n) is 4.65. The molecule has 6 nitrogen and oxygen atoms in total. The summed E-state index contributed by atoms with van der Waals surface area (Å²) in [5.41, 5.74) is 0.709. The minimum absolute atomic E-state index is 0.0536. The molecule has 2 amide bonds. The van der Waals surface area contributed by atoms with Crippen molar-refractivity contribution in [3.8, 4) is 11.5 Å². The quantitative estimate of drug-likeness (QED) is 0.829. The number of hydrogen-bond donors (Lipinski definition) is 1. The van der Waals surface area contributed by atoms with Gasteiger partial charge in [0.2, 0.25) is 11.8 Å². The minimum Gasteiger partial charge on any atom is -0.493 e. The number of hydrogen-bond acceptors (Lipinski definition) is 4. The van der Waals surface area contributed by atoms with Gasteiger partial charge in [-0.2, -0.15) is 0 Å². The van der Waals surface area contributed by atoms with Crippen molar-refractivity contribution in [1.82, 2.24) is 5.32 Å². The Morgan fingerprint density at radius 3 is 2.71 bits per heavy atom. The number of rotatable bonds is 5. The van der Waals surface area contributed by atoms with Crippen molar-refractivity contribution in [2.24, 2.45) is 0 Å². The smallest absolute Gasteiger partial charge is 0.235 e. The number of amides is 2. The molecule has 21 heavy (non-hydrogen) atoms. The Morgan fingerprint density at radius 2 is 2.10 bits per heavy atom. The van der Waals surface area contributed by atoms with Gasteiger partial charge in [-0.1, -0.05) is 0 Å². The maximum atomic E-state index is 12.1. The highest BCUT2D eigenvalue weighted by atomic mass is 35.5. The number of ether oxygens (including phenoxy) is 2. The molecule has 1 atom stereocenters. The molecule has 0 aliphatic carbocycles. The average Bonchev–Trinajstić information content (AvgIpc) is 2.86. The average molecular weight is 313 g/mol. The molecule has 0 unspecified atom stereocenters. The number of halogens is 1. The Morgan fingerprint density at radius 1 is 1.38 bits per heavy atom. The molecule has 1 aromatic rings. The zero-order valence-corrected chi connectivity index (χ0v) is 12.6. The number of benzene rings is 1. The highest BCUT2D eigenvalue weighted by Gasteiger charge is 2.31. The Labute approximate surface area is 128 Å². The van der Waals surface area contributed by atoms with Crippen molar-refractivity contribution in [3.63, 3.8) is 0 Å². The van der Waals surface area contributed by atoms with Crippen LogP contribution in [0.3, 0.4) is 0 Å². The molecule has 114 valence electrons. The molecule has 1 heterocycles. The molecular weight excluding hydrogens is 296 g/mol. The topological polar surface area (TPSA) is 67.9 Å². The van der Waals surface area contributed by atoms with Crippen LogP contribution in [0.15, 0.2) is 18.2 Å². The van der Waals surface area contributed by atoms with Gasteiger partial charge in [0.15, 0.2) is 11.5 Å². The van der Waals surface area contributed by atoms with Crippen molar-refractivity contribution < 1.29 is 19.1 Å². The summed E-state index contributed by atoms with van der Waals surface area (Å²) in [5.74, 6) is 0.711. The van der Waals surface area contributed by atoms with Crippen LogP contribution in [0, 0.1) is 0 Å². The first-order chi connectivity index (χ1) is 10.1. The highest BCUT2D eigenvalue weighted by molar-refractivity contribution is 6.27. The zero-order chi connectivity index (χ0) is 15.4. The number of methoxy groups -OCH3 is 2. The van der Waals surface area contributed by atoms with Crippen LogP contribution in [0.5, 0.6) is 11.5 Å². The molecule has 0 radical (unpaired) electrons. The molecule has 1 N–H and O–H groups in total. The third kappa shape index (κ3) is 3.39. The van der Waals surface area contributed by atoms with Gasteiger partial charge in [-0.25, -0.2) is 0 Å². The van der Waals surface area contributed by atoms with Gasteiger partial charge in [0.1, 0.15) is 5.88 Å². The SMILES string of the molecule is COc1ccc(N2C[C@@H](NC(=O)CCl)CC2=O)cc1OC. The first-order valence-corrected chi connectivity index (χ1v) is 7.00. The maximum Gasteiger partial charge on any atom is 0.235 e. The number of nitrogens with one attached hydrogen (secondary N) is 1. The van der Waals surface area contributed by atoms with E-state index in [4.69, 9.17) is 21.1 Å². The minimum atomic E-state index is -0.274. The summed E-state index contributed by atoms with van der Waals surface area (Å²) in [5, 5.41) is 2.72. The molecule has 2 rings (SSSR count). The van der Waals surface area contributed by atoms with E-state index in [2.05, 4.69) is 5.32 Å². The van der Waals surface area contributed by atoms with E-state index in [1.807, 2.05) is 0 Å². The van der Waals surface area contributed by atoms with Crippen molar-refractivity contribution in [3.05, 3.63) is 18.2 Å². The van der Waals surface area contributed by atoms with E-state index in [-0.39, 0.29) is 30.2 Å². The van der Waals surface area contributed by atoms with Crippen LogP contribution in [0.1, 0.15) is 6.42 Å². The van der Waals surface area contributed by atoms with Gasteiger partial charge in [-0.15, -0.1) is 11.6 Å². The largest absolute Gasteiger partial charge is 0.493 e. The van der Waals surface area contributed by atoms with Crippen LogP contribution in [0.2, 0.25) is 0 Å². The fourth-order valence-electron chi connectivity index (χ4n) is 2.31. The van der Waals surface area contributed by atoms with Gasteiger partial charge >= 0.3 is 0 Å². The van der Waals surface area contributed by atoms with Crippen molar-refractivity contribution in [2.45, 2.75) is 12.5 Å². The Hall–Kier alpha value is -1.95. The molecular formula is C14H17ClN2O4. The summed E-state index contributed by atoms with van der Waals surface area (Å²) < 4.78 is 10.4. The van der Waals surface area contributed by atoms with Crippen molar-refractivity contribution in [1.29, 1.82) is 0 Å². The molecule has 1 saturated heterocycles. The van der Waals surface area contributed by atoms with Crippen LogP contribution in [0.4, 0.5) is 5.69 Å². The van der Waals surface area contributed by atoms with Gasteiger partial charge in [0.05, 0.1) is 20.3 Å². The lowest BCUT2D eigenvalue weighted by Gasteiger charge is -2.18. The van der Waals surface area contributed by atoms with E-state index in [1.165, 1.54) is 7.11 Å². The molecule has 0 bridgehead atoms. The molecule has 0 spiro atoms. The van der Waals surface area contributed by atoms with E-state index in [9.17, 15) is 9.59 Å². The predicted octanol–water partition coefficient (Wildman–Crippen LogP) is 1.16. The van der Waals surface area contributed by atoms with Crippen molar-refractivity contribution >= 4 is 29.1 Å². The third-order valence-electron chi connectivity index (χ3n) is 3.29. The fraction of sp³-hybridized carbons (Fsp3) is 0.429. The van der Waals surface area contributed by atoms with Crippen LogP contribution in [-0.2, 0) is 9.59 Å². The second-order valence-corrected chi connectivity index (χ2v) is 4.91. The summed E-state index contributed by atoms with van der Waals surface area (Å²) >= 11 is 5.45. The van der Waals surface area contributed by atoms with Crippen molar-refractivity contribution in [2.75, 3.05) is 31.5 Å². The standard InChI is InChI=1S/C14H17ClN2O4/c1-20-11-4-3-10(6-12(11)21-2)17-8-9(5-14(17)19)16-13(18)7-15/h3-4,6,9H,5,7-8H2,1-2H3,(H,16,18)/t9-/m0/s1. The van der Waals surface area contributed by atoms with Crippen LogP contribution in [0.25, 0.3) is 0 Å². The summed E-state index contributed by atoms with van der Waals surface area (Å²) in [6.07, 6.45) is 0.261. The summed E-state index contributed by atoms with van der Waals surface area (Å²) in [4.78, 5) is 25.0. The summed E-state index contributed by atoms with van der Waals surface area (Å²) in [6.45, 7) is 0.414. The molecule has 1 aromatic carbocycles. The normalized spacial score (nSPS) is 17.8. The van der Waals surface area contributed by atoms with E-state index >= 15 is 0 Å². The van der Waals surface area contributed by atoms with Gasteiger partial charge in [0, 0.05) is 24.7 Å². The lowest BCUT2D eigenvalue weighted by atomic mass is 10.2. The molecule has 0 saturated carbocycles.